The standard InChI is InChI=1S/C18H35N3/c1-16-5-3-8-18(13-16,14-19-17-6-7-17)15-21-10-4-9-20(2)11-12-21/h16-17,19H,3-15H2,1-2H3. The van der Waals surface area contributed by atoms with Crippen LogP contribution < -0.4 is 5.32 Å². The van der Waals surface area contributed by atoms with Gasteiger partial charge in [-0.3, -0.25) is 0 Å². The maximum absolute atomic E-state index is 3.86. The Bertz CT molecular complexity index is 328. The van der Waals surface area contributed by atoms with E-state index in [9.17, 15) is 0 Å². The molecule has 3 nitrogen and oxygen atoms in total. The number of nitrogens with zero attached hydrogens (tertiary/aromatic N) is 2. The molecule has 3 fully saturated rings. The second-order valence-electron chi connectivity index (χ2n) is 8.29. The Morgan fingerprint density at radius 1 is 1.05 bits per heavy atom. The molecule has 1 heterocycles. The molecule has 0 aromatic carbocycles. The molecular formula is C18H35N3. The van der Waals surface area contributed by atoms with Gasteiger partial charge in [-0.2, -0.15) is 0 Å². The van der Waals surface area contributed by atoms with E-state index in [1.54, 1.807) is 0 Å². The minimum absolute atomic E-state index is 0.559. The molecule has 1 aliphatic heterocycles. The van der Waals surface area contributed by atoms with Gasteiger partial charge in [0.25, 0.3) is 0 Å². The first kappa shape index (κ1) is 15.8. The molecule has 2 unspecified atom stereocenters. The van der Waals surface area contributed by atoms with Crippen molar-refractivity contribution < 1.29 is 0 Å². The zero-order chi connectivity index (χ0) is 14.7. The molecular weight excluding hydrogens is 258 g/mol. The molecule has 3 heteroatoms. The van der Waals surface area contributed by atoms with Gasteiger partial charge in [0.2, 0.25) is 0 Å². The first-order valence-electron chi connectivity index (χ1n) is 9.30. The summed E-state index contributed by atoms with van der Waals surface area (Å²) in [6, 6.07) is 0.856. The second-order valence-corrected chi connectivity index (χ2v) is 8.29. The van der Waals surface area contributed by atoms with Gasteiger partial charge >= 0.3 is 0 Å². The number of nitrogens with one attached hydrogen (secondary N) is 1. The Hall–Kier alpha value is -0.120. The highest BCUT2D eigenvalue weighted by molar-refractivity contribution is 4.93. The molecule has 0 radical (unpaired) electrons. The number of likely N-dealkylation sites (N-methyl/N-ethyl adjacent to an activating group) is 1. The highest BCUT2D eigenvalue weighted by Gasteiger charge is 2.37. The molecule has 0 amide bonds. The highest BCUT2D eigenvalue weighted by atomic mass is 15.2. The summed E-state index contributed by atoms with van der Waals surface area (Å²) in [6.07, 6.45) is 9.97. The molecule has 0 bridgehead atoms. The van der Waals surface area contributed by atoms with E-state index in [4.69, 9.17) is 0 Å². The average molecular weight is 293 g/mol. The van der Waals surface area contributed by atoms with E-state index in [0.717, 1.165) is 12.0 Å². The molecule has 21 heavy (non-hydrogen) atoms. The van der Waals surface area contributed by atoms with Gasteiger partial charge in [0.15, 0.2) is 0 Å². The summed E-state index contributed by atoms with van der Waals surface area (Å²) in [7, 11) is 2.27. The van der Waals surface area contributed by atoms with Crippen LogP contribution in [0.4, 0.5) is 0 Å². The van der Waals surface area contributed by atoms with Gasteiger partial charge in [0, 0.05) is 32.2 Å². The summed E-state index contributed by atoms with van der Waals surface area (Å²) < 4.78 is 0. The van der Waals surface area contributed by atoms with E-state index >= 15 is 0 Å². The van der Waals surface area contributed by atoms with Crippen LogP contribution in [-0.2, 0) is 0 Å². The van der Waals surface area contributed by atoms with E-state index in [1.165, 1.54) is 84.2 Å². The summed E-state index contributed by atoms with van der Waals surface area (Å²) >= 11 is 0. The molecule has 2 aliphatic carbocycles. The zero-order valence-corrected chi connectivity index (χ0v) is 14.2. The lowest BCUT2D eigenvalue weighted by atomic mass is 9.69. The third kappa shape index (κ3) is 4.67. The van der Waals surface area contributed by atoms with E-state index in [0.29, 0.717) is 5.41 Å². The smallest absolute Gasteiger partial charge is 0.0109 e. The lowest BCUT2D eigenvalue weighted by Crippen LogP contribution is -2.47. The number of rotatable bonds is 5. The van der Waals surface area contributed by atoms with Crippen molar-refractivity contribution in [2.45, 2.75) is 57.9 Å². The molecule has 2 saturated carbocycles. The first-order chi connectivity index (χ1) is 10.2. The monoisotopic (exact) mass is 293 g/mol. The largest absolute Gasteiger partial charge is 0.313 e. The van der Waals surface area contributed by atoms with E-state index in [-0.39, 0.29) is 0 Å². The Kier molecular flexibility index (Phi) is 5.23. The lowest BCUT2D eigenvalue weighted by molar-refractivity contribution is 0.0814. The average Bonchev–Trinajstić information content (AvgIpc) is 3.27. The summed E-state index contributed by atoms with van der Waals surface area (Å²) in [5.41, 5.74) is 0.559. The van der Waals surface area contributed by atoms with Crippen LogP contribution in [0.5, 0.6) is 0 Å². The second kappa shape index (κ2) is 6.97. The molecule has 0 aromatic rings. The SMILES string of the molecule is CC1CCCC(CNC2CC2)(CN2CCCN(C)CC2)C1. The minimum Gasteiger partial charge on any atom is -0.313 e. The summed E-state index contributed by atoms with van der Waals surface area (Å²) in [5, 5.41) is 3.86. The van der Waals surface area contributed by atoms with Gasteiger partial charge in [-0.25, -0.2) is 0 Å². The van der Waals surface area contributed by atoms with Gasteiger partial charge in [-0.1, -0.05) is 19.8 Å². The van der Waals surface area contributed by atoms with Crippen LogP contribution in [0.1, 0.15) is 51.9 Å². The third-order valence-corrected chi connectivity index (χ3v) is 5.90. The summed E-state index contributed by atoms with van der Waals surface area (Å²) in [4.78, 5) is 5.27. The van der Waals surface area contributed by atoms with Crippen molar-refractivity contribution in [2.75, 3.05) is 46.3 Å². The van der Waals surface area contributed by atoms with Gasteiger partial charge in [0.1, 0.15) is 0 Å². The number of hydrogen-bond acceptors (Lipinski definition) is 3. The van der Waals surface area contributed by atoms with Crippen molar-refractivity contribution >= 4 is 0 Å². The minimum atomic E-state index is 0.559. The van der Waals surface area contributed by atoms with Crippen molar-refractivity contribution in [1.29, 1.82) is 0 Å². The van der Waals surface area contributed by atoms with E-state index < -0.39 is 0 Å². The lowest BCUT2D eigenvalue weighted by Gasteiger charge is -2.43. The van der Waals surface area contributed by atoms with Crippen LogP contribution in [0.25, 0.3) is 0 Å². The predicted octanol–water partition coefficient (Wildman–Crippen LogP) is 2.57. The van der Waals surface area contributed by atoms with Crippen molar-refractivity contribution in [1.82, 2.24) is 15.1 Å². The molecule has 3 aliphatic rings. The van der Waals surface area contributed by atoms with Gasteiger partial charge in [-0.15, -0.1) is 0 Å². The van der Waals surface area contributed by atoms with Crippen LogP contribution in [-0.4, -0.2) is 62.2 Å². The Balaban J connectivity index is 1.59. The molecule has 122 valence electrons. The predicted molar refractivity (Wildman–Crippen MR) is 89.6 cm³/mol. The maximum Gasteiger partial charge on any atom is 0.0109 e. The van der Waals surface area contributed by atoms with E-state index in [2.05, 4.69) is 29.1 Å². The zero-order valence-electron chi connectivity index (χ0n) is 14.2. The van der Waals surface area contributed by atoms with Crippen molar-refractivity contribution in [3.8, 4) is 0 Å². The van der Waals surface area contributed by atoms with Gasteiger partial charge < -0.3 is 15.1 Å². The quantitative estimate of drug-likeness (QED) is 0.840. The molecule has 1 saturated heterocycles. The van der Waals surface area contributed by atoms with Crippen LogP contribution >= 0.6 is 0 Å². The first-order valence-corrected chi connectivity index (χ1v) is 9.30. The third-order valence-electron chi connectivity index (χ3n) is 5.90. The van der Waals surface area contributed by atoms with Crippen LogP contribution in [0.15, 0.2) is 0 Å². The highest BCUT2D eigenvalue weighted by Crippen LogP contribution is 2.40. The topological polar surface area (TPSA) is 18.5 Å². The van der Waals surface area contributed by atoms with E-state index in [1.807, 2.05) is 0 Å². The Morgan fingerprint density at radius 2 is 1.90 bits per heavy atom. The van der Waals surface area contributed by atoms with Crippen molar-refractivity contribution in [3.05, 3.63) is 0 Å². The normalized spacial score (nSPS) is 36.6. The summed E-state index contributed by atoms with van der Waals surface area (Å²) in [6.45, 7) is 10.2. The Labute approximate surface area is 131 Å². The molecule has 2 atom stereocenters. The Morgan fingerprint density at radius 3 is 2.67 bits per heavy atom. The fourth-order valence-corrected chi connectivity index (χ4v) is 4.51. The molecule has 1 N–H and O–H groups in total. The summed E-state index contributed by atoms with van der Waals surface area (Å²) in [5.74, 6) is 0.925. The maximum atomic E-state index is 3.86. The van der Waals surface area contributed by atoms with Crippen LogP contribution in [0, 0.1) is 11.3 Å². The number of hydrogen-bond donors (Lipinski definition) is 1. The molecule has 3 rings (SSSR count). The van der Waals surface area contributed by atoms with Crippen molar-refractivity contribution in [2.24, 2.45) is 11.3 Å². The van der Waals surface area contributed by atoms with Crippen LogP contribution in [0.2, 0.25) is 0 Å². The molecule has 0 aromatic heterocycles. The van der Waals surface area contributed by atoms with Crippen LogP contribution in [0.3, 0.4) is 0 Å². The van der Waals surface area contributed by atoms with Gasteiger partial charge in [0.05, 0.1) is 0 Å². The fraction of sp³-hybridized carbons (Fsp3) is 1.00. The van der Waals surface area contributed by atoms with Crippen molar-refractivity contribution in [3.63, 3.8) is 0 Å². The molecule has 0 spiro atoms. The van der Waals surface area contributed by atoms with Gasteiger partial charge in [-0.05, 0) is 63.6 Å². The fourth-order valence-electron chi connectivity index (χ4n) is 4.51.